The van der Waals surface area contributed by atoms with Crippen LogP contribution < -0.4 is 5.32 Å². The molecule has 6 nitrogen and oxygen atoms in total. The minimum absolute atomic E-state index is 0.0578. The number of carbonyl (C=O) groups is 1. The lowest BCUT2D eigenvalue weighted by molar-refractivity contribution is -0.119. The third-order valence-electron chi connectivity index (χ3n) is 2.26. The highest BCUT2D eigenvalue weighted by atomic mass is 32.2. The lowest BCUT2D eigenvalue weighted by atomic mass is 10.3. The van der Waals surface area contributed by atoms with Gasteiger partial charge >= 0.3 is 0 Å². The SMILES string of the molecule is O=C(CSc1nncs1)N[C@@H]1CCS(=O)(=O)C1. The van der Waals surface area contributed by atoms with E-state index in [-0.39, 0.29) is 29.2 Å². The summed E-state index contributed by atoms with van der Waals surface area (Å²) in [5, 5.41) is 10.2. The number of amides is 1. The first kappa shape index (κ1) is 12.8. The molecule has 0 aliphatic carbocycles. The highest BCUT2D eigenvalue weighted by Crippen LogP contribution is 2.18. The van der Waals surface area contributed by atoms with E-state index in [9.17, 15) is 13.2 Å². The van der Waals surface area contributed by atoms with Crippen molar-refractivity contribution in [1.82, 2.24) is 15.5 Å². The van der Waals surface area contributed by atoms with Gasteiger partial charge in [-0.25, -0.2) is 8.42 Å². The highest BCUT2D eigenvalue weighted by molar-refractivity contribution is 8.01. The lowest BCUT2D eigenvalue weighted by Gasteiger charge is -2.09. The summed E-state index contributed by atoms with van der Waals surface area (Å²) in [7, 11) is -2.94. The first-order valence-electron chi connectivity index (χ1n) is 4.94. The predicted molar refractivity (Wildman–Crippen MR) is 65.8 cm³/mol. The molecule has 17 heavy (non-hydrogen) atoms. The Morgan fingerprint density at radius 1 is 1.65 bits per heavy atom. The van der Waals surface area contributed by atoms with Crippen LogP contribution in [0.4, 0.5) is 0 Å². The molecule has 1 saturated heterocycles. The van der Waals surface area contributed by atoms with Gasteiger partial charge in [0.1, 0.15) is 5.51 Å². The zero-order valence-corrected chi connectivity index (χ0v) is 11.3. The van der Waals surface area contributed by atoms with Crippen molar-refractivity contribution in [3.05, 3.63) is 5.51 Å². The third kappa shape index (κ3) is 3.93. The van der Waals surface area contributed by atoms with Gasteiger partial charge in [0.2, 0.25) is 5.91 Å². The maximum Gasteiger partial charge on any atom is 0.230 e. The second-order valence-corrected chi connectivity index (χ2v) is 7.95. The average molecular weight is 293 g/mol. The Labute approximate surface area is 107 Å². The van der Waals surface area contributed by atoms with Gasteiger partial charge in [-0.3, -0.25) is 4.79 Å². The van der Waals surface area contributed by atoms with Crippen LogP contribution in [0.1, 0.15) is 6.42 Å². The number of hydrogen-bond acceptors (Lipinski definition) is 7. The summed E-state index contributed by atoms with van der Waals surface area (Å²) >= 11 is 2.67. The van der Waals surface area contributed by atoms with Gasteiger partial charge in [0.15, 0.2) is 14.2 Å². The van der Waals surface area contributed by atoms with Crippen molar-refractivity contribution in [3.8, 4) is 0 Å². The molecule has 0 spiro atoms. The molecule has 9 heteroatoms. The zero-order valence-electron chi connectivity index (χ0n) is 8.83. The van der Waals surface area contributed by atoms with Crippen molar-refractivity contribution in [2.24, 2.45) is 0 Å². The molecular formula is C8H11N3O3S3. The van der Waals surface area contributed by atoms with Crippen LogP contribution in [0.5, 0.6) is 0 Å². The van der Waals surface area contributed by atoms with Gasteiger partial charge in [-0.15, -0.1) is 10.2 Å². The number of hydrogen-bond donors (Lipinski definition) is 1. The third-order valence-corrected chi connectivity index (χ3v) is 5.89. The standard InChI is InChI=1S/C8H11N3O3S3/c12-7(3-15-8-11-9-5-16-8)10-6-1-2-17(13,14)4-6/h5-6H,1-4H2,(H,10,12)/t6-/m1/s1. The van der Waals surface area contributed by atoms with Crippen molar-refractivity contribution >= 4 is 38.8 Å². The Morgan fingerprint density at radius 2 is 2.47 bits per heavy atom. The van der Waals surface area contributed by atoms with Gasteiger partial charge in [-0.1, -0.05) is 23.1 Å². The highest BCUT2D eigenvalue weighted by Gasteiger charge is 2.28. The van der Waals surface area contributed by atoms with Crippen molar-refractivity contribution < 1.29 is 13.2 Å². The van der Waals surface area contributed by atoms with Crippen LogP contribution in [0.25, 0.3) is 0 Å². The molecule has 0 radical (unpaired) electrons. The molecule has 1 aliphatic heterocycles. The lowest BCUT2D eigenvalue weighted by Crippen LogP contribution is -2.36. The van der Waals surface area contributed by atoms with Crippen LogP contribution in [0.2, 0.25) is 0 Å². The monoisotopic (exact) mass is 293 g/mol. The van der Waals surface area contributed by atoms with Gasteiger partial charge in [0, 0.05) is 6.04 Å². The molecule has 1 aliphatic rings. The molecule has 0 unspecified atom stereocenters. The number of nitrogens with zero attached hydrogens (tertiary/aromatic N) is 2. The maximum absolute atomic E-state index is 11.5. The summed E-state index contributed by atoms with van der Waals surface area (Å²) < 4.78 is 23.1. The van der Waals surface area contributed by atoms with E-state index < -0.39 is 9.84 Å². The van der Waals surface area contributed by atoms with Gasteiger partial charge in [0.05, 0.1) is 17.3 Å². The van der Waals surface area contributed by atoms with Crippen LogP contribution in [-0.2, 0) is 14.6 Å². The summed E-state index contributed by atoms with van der Waals surface area (Å²) in [6.07, 6.45) is 0.511. The number of carbonyl (C=O) groups excluding carboxylic acids is 1. The van der Waals surface area contributed by atoms with Crippen LogP contribution in [0.15, 0.2) is 9.85 Å². The van der Waals surface area contributed by atoms with E-state index in [1.165, 1.54) is 23.1 Å². The van der Waals surface area contributed by atoms with Gasteiger partial charge < -0.3 is 5.32 Å². The second-order valence-electron chi connectivity index (χ2n) is 3.66. The zero-order chi connectivity index (χ0) is 12.3. The Balaban J connectivity index is 1.75. The van der Waals surface area contributed by atoms with Crippen molar-refractivity contribution in [3.63, 3.8) is 0 Å². The minimum Gasteiger partial charge on any atom is -0.352 e. The summed E-state index contributed by atoms with van der Waals surface area (Å²) in [4.78, 5) is 11.5. The Hall–Kier alpha value is -0.670. The fourth-order valence-corrected chi connectivity index (χ4v) is 4.50. The van der Waals surface area contributed by atoms with Gasteiger partial charge in [0.25, 0.3) is 0 Å². The van der Waals surface area contributed by atoms with Crippen molar-refractivity contribution in [2.75, 3.05) is 17.3 Å². The van der Waals surface area contributed by atoms with E-state index in [1.54, 1.807) is 5.51 Å². The van der Waals surface area contributed by atoms with Crippen LogP contribution in [0, 0.1) is 0 Å². The molecule has 1 aromatic rings. The first-order chi connectivity index (χ1) is 8.05. The normalized spacial score (nSPS) is 22.5. The van der Waals surface area contributed by atoms with Crippen LogP contribution in [0.3, 0.4) is 0 Å². The summed E-state index contributed by atoms with van der Waals surface area (Å²) in [5.41, 5.74) is 1.60. The molecule has 1 N–H and O–H groups in total. The van der Waals surface area contributed by atoms with E-state index in [2.05, 4.69) is 15.5 Å². The largest absolute Gasteiger partial charge is 0.352 e. The molecule has 0 aromatic carbocycles. The van der Waals surface area contributed by atoms with E-state index in [0.717, 1.165) is 4.34 Å². The topological polar surface area (TPSA) is 89.0 Å². The Morgan fingerprint density at radius 3 is 3.06 bits per heavy atom. The summed E-state index contributed by atoms with van der Waals surface area (Å²) in [6.45, 7) is 0. The van der Waals surface area contributed by atoms with Gasteiger partial charge in [-0.2, -0.15) is 0 Å². The van der Waals surface area contributed by atoms with Crippen LogP contribution >= 0.6 is 23.1 Å². The number of nitrogens with one attached hydrogen (secondary N) is 1. The molecular weight excluding hydrogens is 282 g/mol. The number of thioether (sulfide) groups is 1. The number of aromatic nitrogens is 2. The minimum atomic E-state index is -2.94. The van der Waals surface area contributed by atoms with E-state index in [4.69, 9.17) is 0 Å². The average Bonchev–Trinajstić information content (AvgIpc) is 2.85. The number of rotatable bonds is 4. The fraction of sp³-hybridized carbons (Fsp3) is 0.625. The molecule has 1 aromatic heterocycles. The van der Waals surface area contributed by atoms with E-state index in [0.29, 0.717) is 6.42 Å². The molecule has 1 fully saturated rings. The molecule has 2 heterocycles. The van der Waals surface area contributed by atoms with E-state index in [1.807, 2.05) is 0 Å². The summed E-state index contributed by atoms with van der Waals surface area (Å²) in [5.74, 6) is 0.308. The smallest absolute Gasteiger partial charge is 0.230 e. The predicted octanol–water partition coefficient (Wildman–Crippen LogP) is -0.0665. The maximum atomic E-state index is 11.5. The molecule has 94 valence electrons. The second kappa shape index (κ2) is 5.32. The molecule has 1 amide bonds. The Bertz CT molecular complexity index is 485. The molecule has 1 atom stereocenters. The van der Waals surface area contributed by atoms with E-state index >= 15 is 0 Å². The quantitative estimate of drug-likeness (QED) is 0.782. The van der Waals surface area contributed by atoms with Crippen LogP contribution in [-0.4, -0.2) is 47.8 Å². The molecule has 2 rings (SSSR count). The summed E-state index contributed by atoms with van der Waals surface area (Å²) in [6, 6.07) is -0.234. The van der Waals surface area contributed by atoms with Crippen molar-refractivity contribution in [1.29, 1.82) is 0 Å². The van der Waals surface area contributed by atoms with Crippen molar-refractivity contribution in [2.45, 2.75) is 16.8 Å². The molecule has 0 bridgehead atoms. The van der Waals surface area contributed by atoms with Gasteiger partial charge in [-0.05, 0) is 6.42 Å². The first-order valence-corrected chi connectivity index (χ1v) is 8.62. The number of sulfone groups is 1. The molecule has 0 saturated carbocycles. The Kier molecular flexibility index (Phi) is 4.00. The fourth-order valence-electron chi connectivity index (χ4n) is 1.53.